The predicted molar refractivity (Wildman–Crippen MR) is 95.8 cm³/mol. The molecule has 1 aromatic heterocycles. The lowest BCUT2D eigenvalue weighted by molar-refractivity contribution is 0.101. The number of rotatable bonds is 5. The van der Waals surface area contributed by atoms with Gasteiger partial charge in [0, 0.05) is 17.7 Å². The number of nitrogens with zero attached hydrogens (tertiary/aromatic N) is 2. The lowest BCUT2D eigenvalue weighted by Gasteiger charge is -2.10. The summed E-state index contributed by atoms with van der Waals surface area (Å²) in [4.78, 5) is 16.6. The molecule has 1 atom stereocenters. The summed E-state index contributed by atoms with van der Waals surface area (Å²) in [5.74, 6) is 0.960. The Balaban J connectivity index is 2.15. The van der Waals surface area contributed by atoms with Crippen molar-refractivity contribution in [1.29, 1.82) is 0 Å². The third kappa shape index (κ3) is 2.97. The molecule has 0 bridgehead atoms. The highest BCUT2D eigenvalue weighted by molar-refractivity contribution is 6.05. The third-order valence-electron chi connectivity index (χ3n) is 4.18. The highest BCUT2D eigenvalue weighted by Gasteiger charge is 2.15. The van der Waals surface area contributed by atoms with Gasteiger partial charge in [-0.2, -0.15) is 0 Å². The van der Waals surface area contributed by atoms with Gasteiger partial charge in [-0.05, 0) is 50.1 Å². The summed E-state index contributed by atoms with van der Waals surface area (Å²) in [7, 11) is 0. The largest absolute Gasteiger partial charge is 0.393 e. The zero-order valence-electron chi connectivity index (χ0n) is 14.3. The Hall–Kier alpha value is -2.46. The molecule has 0 aliphatic heterocycles. The first kappa shape index (κ1) is 16.4. The minimum atomic E-state index is -0.353. The number of carbonyl (C=O) groups is 1. The molecule has 0 saturated heterocycles. The van der Waals surface area contributed by atoms with Crippen LogP contribution >= 0.6 is 0 Å². The van der Waals surface area contributed by atoms with E-state index in [9.17, 15) is 9.90 Å². The molecular formula is C20H22N2O2. The number of hydrogen-bond acceptors (Lipinski definition) is 3. The summed E-state index contributed by atoms with van der Waals surface area (Å²) in [6.07, 6.45) is 1.07. The molecule has 2 aromatic carbocycles. The van der Waals surface area contributed by atoms with E-state index in [1.165, 1.54) is 0 Å². The Morgan fingerprint density at radius 2 is 1.92 bits per heavy atom. The van der Waals surface area contributed by atoms with Gasteiger partial charge in [0.25, 0.3) is 0 Å². The first-order chi connectivity index (χ1) is 11.5. The van der Waals surface area contributed by atoms with Crippen LogP contribution in [0, 0.1) is 0 Å². The number of aryl methyl sites for hydroxylation is 1. The number of aliphatic hydroxyl groups is 1. The molecule has 24 heavy (non-hydrogen) atoms. The minimum Gasteiger partial charge on any atom is -0.393 e. The van der Waals surface area contributed by atoms with Crippen LogP contribution in [0.5, 0.6) is 0 Å². The van der Waals surface area contributed by atoms with Crippen molar-refractivity contribution in [3.8, 4) is 5.69 Å². The zero-order chi connectivity index (χ0) is 17.3. The van der Waals surface area contributed by atoms with Crippen molar-refractivity contribution >= 4 is 16.8 Å². The van der Waals surface area contributed by atoms with Gasteiger partial charge in [-0.1, -0.05) is 25.1 Å². The van der Waals surface area contributed by atoms with Crippen molar-refractivity contribution in [2.75, 3.05) is 0 Å². The lowest BCUT2D eigenvalue weighted by Crippen LogP contribution is -2.05. The number of Topliss-reactive ketones (excluding diaryl/α,β-unsaturated/α-hetero) is 1. The van der Waals surface area contributed by atoms with E-state index < -0.39 is 0 Å². The standard InChI is InChI=1S/C20H22N2O2/c1-4-19-21-20-17(14(3)24)6-5-7-18(20)22(19)16-10-8-15(9-11-16)12-13(2)23/h5-11,13,23H,4,12H2,1-3H3/t13-/m0/s1. The van der Waals surface area contributed by atoms with Gasteiger partial charge in [-0.3, -0.25) is 9.36 Å². The van der Waals surface area contributed by atoms with Gasteiger partial charge in [-0.25, -0.2) is 4.98 Å². The molecule has 3 rings (SSSR count). The molecule has 124 valence electrons. The Kier molecular flexibility index (Phi) is 4.49. The Labute approximate surface area is 141 Å². The van der Waals surface area contributed by atoms with Gasteiger partial charge in [0.15, 0.2) is 5.78 Å². The second-order valence-corrected chi connectivity index (χ2v) is 6.17. The molecule has 0 radical (unpaired) electrons. The van der Waals surface area contributed by atoms with Crippen molar-refractivity contribution in [2.24, 2.45) is 0 Å². The fourth-order valence-corrected chi connectivity index (χ4v) is 3.08. The average molecular weight is 322 g/mol. The monoisotopic (exact) mass is 322 g/mol. The number of imidazole rings is 1. The fourth-order valence-electron chi connectivity index (χ4n) is 3.08. The molecule has 0 unspecified atom stereocenters. The van der Waals surface area contributed by atoms with E-state index >= 15 is 0 Å². The van der Waals surface area contributed by atoms with Gasteiger partial charge in [0.2, 0.25) is 0 Å². The summed E-state index contributed by atoms with van der Waals surface area (Å²) < 4.78 is 2.11. The Bertz CT molecular complexity index is 877. The molecule has 3 aromatic rings. The maximum atomic E-state index is 11.9. The smallest absolute Gasteiger partial charge is 0.162 e. The van der Waals surface area contributed by atoms with Crippen molar-refractivity contribution < 1.29 is 9.90 Å². The number of para-hydroxylation sites is 1. The maximum absolute atomic E-state index is 11.9. The molecule has 1 heterocycles. The van der Waals surface area contributed by atoms with Crippen LogP contribution in [0.15, 0.2) is 42.5 Å². The van der Waals surface area contributed by atoms with Crippen LogP contribution in [0.4, 0.5) is 0 Å². The number of fused-ring (bicyclic) bond motifs is 1. The van der Waals surface area contributed by atoms with Crippen LogP contribution in [0.3, 0.4) is 0 Å². The third-order valence-corrected chi connectivity index (χ3v) is 4.18. The summed E-state index contributed by atoms with van der Waals surface area (Å²) in [6, 6.07) is 13.9. The second kappa shape index (κ2) is 6.57. The van der Waals surface area contributed by atoms with Crippen molar-refractivity contribution in [3.05, 3.63) is 59.4 Å². The van der Waals surface area contributed by atoms with Crippen LogP contribution in [0.25, 0.3) is 16.7 Å². The molecule has 0 spiro atoms. The van der Waals surface area contributed by atoms with Gasteiger partial charge in [0.05, 0.1) is 17.1 Å². The predicted octanol–water partition coefficient (Wildman–Crippen LogP) is 3.71. The summed E-state index contributed by atoms with van der Waals surface area (Å²) in [5.41, 5.74) is 4.48. The van der Waals surface area contributed by atoms with Gasteiger partial charge in [-0.15, -0.1) is 0 Å². The van der Waals surface area contributed by atoms with E-state index in [-0.39, 0.29) is 11.9 Å². The molecule has 0 fully saturated rings. The molecule has 4 nitrogen and oxygen atoms in total. The van der Waals surface area contributed by atoms with Gasteiger partial charge in [0.1, 0.15) is 5.82 Å². The summed E-state index contributed by atoms with van der Waals surface area (Å²) in [5, 5.41) is 9.52. The normalized spacial score (nSPS) is 12.5. The van der Waals surface area contributed by atoms with E-state index in [1.807, 2.05) is 42.5 Å². The quantitative estimate of drug-likeness (QED) is 0.729. The van der Waals surface area contributed by atoms with Gasteiger partial charge < -0.3 is 5.11 Å². The van der Waals surface area contributed by atoms with Crippen LogP contribution in [-0.4, -0.2) is 26.5 Å². The summed E-state index contributed by atoms with van der Waals surface area (Å²) >= 11 is 0. The number of benzene rings is 2. The van der Waals surface area contributed by atoms with Crippen molar-refractivity contribution in [3.63, 3.8) is 0 Å². The van der Waals surface area contributed by atoms with E-state index in [0.717, 1.165) is 34.5 Å². The second-order valence-electron chi connectivity index (χ2n) is 6.17. The SMILES string of the molecule is CCc1nc2c(C(C)=O)cccc2n1-c1ccc(C[C@H](C)O)cc1. The molecular weight excluding hydrogens is 300 g/mol. The lowest BCUT2D eigenvalue weighted by atomic mass is 10.1. The highest BCUT2D eigenvalue weighted by Crippen LogP contribution is 2.25. The highest BCUT2D eigenvalue weighted by atomic mass is 16.3. The number of aliphatic hydroxyl groups excluding tert-OH is 1. The first-order valence-corrected chi connectivity index (χ1v) is 8.30. The Morgan fingerprint density at radius 1 is 1.21 bits per heavy atom. The van der Waals surface area contributed by atoms with Crippen LogP contribution < -0.4 is 0 Å². The van der Waals surface area contributed by atoms with Crippen LogP contribution in [-0.2, 0) is 12.8 Å². The first-order valence-electron chi connectivity index (χ1n) is 8.30. The van der Waals surface area contributed by atoms with Crippen LogP contribution in [0.2, 0.25) is 0 Å². The molecule has 0 amide bonds. The van der Waals surface area contributed by atoms with E-state index in [4.69, 9.17) is 4.98 Å². The maximum Gasteiger partial charge on any atom is 0.162 e. The summed E-state index contributed by atoms with van der Waals surface area (Å²) in [6.45, 7) is 5.42. The number of hydrogen-bond donors (Lipinski definition) is 1. The van der Waals surface area contributed by atoms with E-state index in [2.05, 4.69) is 11.5 Å². The number of ketones is 1. The van der Waals surface area contributed by atoms with E-state index in [0.29, 0.717) is 12.0 Å². The van der Waals surface area contributed by atoms with Crippen molar-refractivity contribution in [1.82, 2.24) is 9.55 Å². The van der Waals surface area contributed by atoms with E-state index in [1.54, 1.807) is 13.8 Å². The topological polar surface area (TPSA) is 55.1 Å². The Morgan fingerprint density at radius 3 is 2.50 bits per heavy atom. The molecule has 0 saturated carbocycles. The molecule has 4 heteroatoms. The number of carbonyl (C=O) groups excluding carboxylic acids is 1. The fraction of sp³-hybridized carbons (Fsp3) is 0.300. The average Bonchev–Trinajstić information content (AvgIpc) is 2.93. The minimum absolute atomic E-state index is 0.0279. The molecule has 1 N–H and O–H groups in total. The molecule has 0 aliphatic rings. The van der Waals surface area contributed by atoms with Crippen molar-refractivity contribution in [2.45, 2.75) is 39.7 Å². The number of aromatic nitrogens is 2. The van der Waals surface area contributed by atoms with Gasteiger partial charge >= 0.3 is 0 Å². The van der Waals surface area contributed by atoms with Crippen LogP contribution in [0.1, 0.15) is 42.5 Å². The molecule has 0 aliphatic carbocycles. The zero-order valence-corrected chi connectivity index (χ0v) is 14.3.